The van der Waals surface area contributed by atoms with Crippen LogP contribution in [-0.4, -0.2) is 14.8 Å². The highest BCUT2D eigenvalue weighted by Gasteiger charge is 2.19. The van der Waals surface area contributed by atoms with Crippen molar-refractivity contribution in [3.63, 3.8) is 0 Å². The highest BCUT2D eigenvalue weighted by molar-refractivity contribution is 6.30. The number of aromatic nitrogens is 3. The maximum Gasteiger partial charge on any atom is 0.106 e. The Morgan fingerprint density at radius 1 is 0.741 bits per heavy atom. The van der Waals surface area contributed by atoms with E-state index in [1.54, 1.807) is 0 Å². The highest BCUT2D eigenvalue weighted by atomic mass is 35.5. The second kappa shape index (κ2) is 6.53. The summed E-state index contributed by atoms with van der Waals surface area (Å²) in [6.45, 7) is 0.794. The number of nitrogens with zero attached hydrogens (tertiary/aromatic N) is 3. The summed E-state index contributed by atoms with van der Waals surface area (Å²) in [6.07, 6.45) is 2.16. The molecule has 0 saturated carbocycles. The van der Waals surface area contributed by atoms with Crippen LogP contribution in [0.4, 0.5) is 0 Å². The van der Waals surface area contributed by atoms with Crippen LogP contribution in [0, 0.1) is 0 Å². The predicted molar refractivity (Wildman–Crippen MR) is 110 cm³/mol. The van der Waals surface area contributed by atoms with Gasteiger partial charge < -0.3 is 4.57 Å². The van der Waals surface area contributed by atoms with Crippen LogP contribution in [0.25, 0.3) is 33.4 Å². The first-order chi connectivity index (χ1) is 13.3. The summed E-state index contributed by atoms with van der Waals surface area (Å²) < 4.78 is 2.27. The van der Waals surface area contributed by atoms with Gasteiger partial charge in [0.15, 0.2) is 0 Å². The van der Waals surface area contributed by atoms with Crippen LogP contribution in [-0.2, 0) is 6.54 Å². The lowest BCUT2D eigenvalue weighted by Gasteiger charge is -2.15. The standard InChI is InChI=1S/C23H16ClN3/c24-18-12-10-17(11-13-18)22-20-15-27(14-16-6-2-1-3-7-16)21-9-5-4-8-19(21)23(20)26-25-22/h1-13,15H,14H2. The Morgan fingerprint density at radius 2 is 1.44 bits per heavy atom. The van der Waals surface area contributed by atoms with Gasteiger partial charge in [0, 0.05) is 34.3 Å². The van der Waals surface area contributed by atoms with E-state index >= 15 is 0 Å². The Bertz CT molecular complexity index is 1190. The van der Waals surface area contributed by atoms with Crippen molar-refractivity contribution in [1.82, 2.24) is 14.8 Å². The van der Waals surface area contributed by atoms with Gasteiger partial charge in [0.1, 0.15) is 11.4 Å². The van der Waals surface area contributed by atoms with Gasteiger partial charge in [0.25, 0.3) is 0 Å². The SMILES string of the molecule is Clc1ccc(-c2nnc3c4ccccc4n(Cc4ccccc4)cc2-3)cc1. The zero-order valence-electron chi connectivity index (χ0n) is 14.5. The average molecular weight is 370 g/mol. The lowest BCUT2D eigenvalue weighted by Crippen LogP contribution is -2.03. The van der Waals surface area contributed by atoms with Crippen LogP contribution in [0.2, 0.25) is 5.02 Å². The third-order valence-electron chi connectivity index (χ3n) is 4.83. The lowest BCUT2D eigenvalue weighted by atomic mass is 10.0. The molecule has 0 fully saturated rings. The molecule has 0 saturated heterocycles. The summed E-state index contributed by atoms with van der Waals surface area (Å²) in [5.74, 6) is 0. The predicted octanol–water partition coefficient (Wildman–Crippen LogP) is 5.90. The van der Waals surface area contributed by atoms with Crippen molar-refractivity contribution in [2.75, 3.05) is 0 Å². The Labute approximate surface area is 162 Å². The Hall–Kier alpha value is -3.17. The highest BCUT2D eigenvalue weighted by Crippen LogP contribution is 2.36. The first-order valence-electron chi connectivity index (χ1n) is 8.84. The molecule has 2 aliphatic rings. The van der Waals surface area contributed by atoms with Gasteiger partial charge in [-0.25, -0.2) is 0 Å². The molecule has 27 heavy (non-hydrogen) atoms. The molecule has 0 spiro atoms. The topological polar surface area (TPSA) is 30.7 Å². The van der Waals surface area contributed by atoms with E-state index in [-0.39, 0.29) is 0 Å². The molecular weight excluding hydrogens is 354 g/mol. The summed E-state index contributed by atoms with van der Waals surface area (Å²) in [6, 6.07) is 26.6. The first-order valence-corrected chi connectivity index (χ1v) is 9.21. The van der Waals surface area contributed by atoms with Gasteiger partial charge in [-0.3, -0.25) is 0 Å². The van der Waals surface area contributed by atoms with E-state index in [2.05, 4.69) is 63.4 Å². The zero-order chi connectivity index (χ0) is 18.2. The van der Waals surface area contributed by atoms with Crippen molar-refractivity contribution in [1.29, 1.82) is 0 Å². The molecule has 0 aromatic heterocycles. The molecule has 3 aromatic carbocycles. The van der Waals surface area contributed by atoms with Crippen molar-refractivity contribution >= 4 is 22.5 Å². The summed E-state index contributed by atoms with van der Waals surface area (Å²) in [5.41, 5.74) is 6.29. The first kappa shape index (κ1) is 16.0. The van der Waals surface area contributed by atoms with Crippen LogP contribution in [0.1, 0.15) is 5.56 Å². The van der Waals surface area contributed by atoms with Crippen LogP contribution in [0.15, 0.2) is 85.1 Å². The number of hydrogen-bond acceptors (Lipinski definition) is 2. The third-order valence-corrected chi connectivity index (χ3v) is 5.08. The van der Waals surface area contributed by atoms with Crippen molar-refractivity contribution < 1.29 is 0 Å². The molecule has 2 heterocycles. The summed E-state index contributed by atoms with van der Waals surface area (Å²) in [7, 11) is 0. The minimum Gasteiger partial charge on any atom is -0.342 e. The monoisotopic (exact) mass is 369 g/mol. The second-order valence-electron chi connectivity index (χ2n) is 6.58. The number of hydrogen-bond donors (Lipinski definition) is 0. The van der Waals surface area contributed by atoms with Crippen LogP contribution < -0.4 is 0 Å². The van der Waals surface area contributed by atoms with Gasteiger partial charge in [-0.2, -0.15) is 0 Å². The fourth-order valence-electron chi connectivity index (χ4n) is 3.52. The molecular formula is C23H16ClN3. The molecule has 0 aliphatic carbocycles. The number of para-hydroxylation sites is 1. The lowest BCUT2D eigenvalue weighted by molar-refractivity contribution is 0.828. The van der Waals surface area contributed by atoms with E-state index in [4.69, 9.17) is 11.6 Å². The third kappa shape index (κ3) is 2.86. The fourth-order valence-corrected chi connectivity index (χ4v) is 3.65. The van der Waals surface area contributed by atoms with Gasteiger partial charge in [-0.1, -0.05) is 72.3 Å². The molecule has 0 N–H and O–H groups in total. The Balaban J connectivity index is 1.73. The van der Waals surface area contributed by atoms with Crippen molar-refractivity contribution in [3.8, 4) is 22.5 Å². The normalized spacial score (nSPS) is 11.3. The maximum absolute atomic E-state index is 6.04. The van der Waals surface area contributed by atoms with E-state index in [1.165, 1.54) is 5.56 Å². The quantitative estimate of drug-likeness (QED) is 0.396. The molecule has 130 valence electrons. The van der Waals surface area contributed by atoms with E-state index in [0.717, 1.165) is 40.0 Å². The van der Waals surface area contributed by atoms with Crippen LogP contribution >= 0.6 is 11.6 Å². The second-order valence-corrected chi connectivity index (χ2v) is 7.01. The van der Waals surface area contributed by atoms with Gasteiger partial charge in [0.2, 0.25) is 0 Å². The average Bonchev–Trinajstić information content (AvgIpc) is 3.14. The van der Waals surface area contributed by atoms with E-state index in [0.29, 0.717) is 5.02 Å². The van der Waals surface area contributed by atoms with Crippen LogP contribution in [0.3, 0.4) is 0 Å². The van der Waals surface area contributed by atoms with Gasteiger partial charge >= 0.3 is 0 Å². The molecule has 4 heteroatoms. The largest absolute Gasteiger partial charge is 0.342 e. The fraction of sp³-hybridized carbons (Fsp3) is 0.0435. The molecule has 0 atom stereocenters. The molecule has 3 nitrogen and oxygen atoms in total. The van der Waals surface area contributed by atoms with Crippen molar-refractivity contribution in [2.45, 2.75) is 6.54 Å². The molecule has 0 amide bonds. The Kier molecular flexibility index (Phi) is 3.88. The molecule has 5 rings (SSSR count). The molecule has 0 bridgehead atoms. The molecule has 0 unspecified atom stereocenters. The number of rotatable bonds is 3. The minimum absolute atomic E-state index is 0.715. The summed E-state index contributed by atoms with van der Waals surface area (Å²) >= 11 is 6.04. The number of benzene rings is 3. The van der Waals surface area contributed by atoms with Gasteiger partial charge in [-0.15, -0.1) is 10.2 Å². The molecule has 0 radical (unpaired) electrons. The maximum atomic E-state index is 6.04. The van der Waals surface area contributed by atoms with Gasteiger partial charge in [-0.05, 0) is 23.8 Å². The molecule has 3 aromatic rings. The van der Waals surface area contributed by atoms with Crippen molar-refractivity contribution in [3.05, 3.63) is 95.6 Å². The van der Waals surface area contributed by atoms with E-state index in [1.807, 2.05) is 36.4 Å². The van der Waals surface area contributed by atoms with Gasteiger partial charge in [0.05, 0.1) is 5.52 Å². The summed E-state index contributed by atoms with van der Waals surface area (Å²) in [5, 5.41) is 10.8. The minimum atomic E-state index is 0.715. The van der Waals surface area contributed by atoms with E-state index < -0.39 is 0 Å². The van der Waals surface area contributed by atoms with Crippen LogP contribution in [0.5, 0.6) is 0 Å². The zero-order valence-corrected chi connectivity index (χ0v) is 15.3. The van der Waals surface area contributed by atoms with Crippen molar-refractivity contribution in [2.24, 2.45) is 0 Å². The van der Waals surface area contributed by atoms with E-state index in [9.17, 15) is 0 Å². The number of pyridine rings is 1. The summed E-state index contributed by atoms with van der Waals surface area (Å²) in [4.78, 5) is 0. The number of halogens is 1. The smallest absolute Gasteiger partial charge is 0.106 e. The Morgan fingerprint density at radius 3 is 2.26 bits per heavy atom. The number of fused-ring (bicyclic) bond motifs is 3. The molecule has 2 aliphatic heterocycles.